The number of allylic oxidation sites excluding steroid dienone is 1. The Bertz CT molecular complexity index is 948. The van der Waals surface area contributed by atoms with E-state index in [0.29, 0.717) is 16.3 Å². The van der Waals surface area contributed by atoms with Crippen molar-refractivity contribution in [1.29, 1.82) is 0 Å². The molecule has 0 saturated carbocycles. The molecule has 0 radical (unpaired) electrons. The maximum atomic E-state index is 13.5. The minimum Gasteiger partial charge on any atom is -0.463 e. The molecule has 1 aromatic heterocycles. The van der Waals surface area contributed by atoms with Crippen LogP contribution in [0.5, 0.6) is 0 Å². The summed E-state index contributed by atoms with van der Waals surface area (Å²) >= 11 is 10.4. The average Bonchev–Trinajstić information content (AvgIpc) is 3.07. The quantitative estimate of drug-likeness (QED) is 0.514. The van der Waals surface area contributed by atoms with Gasteiger partial charge in [-0.05, 0) is 19.1 Å². The summed E-state index contributed by atoms with van der Waals surface area (Å²) in [6, 6.07) is 2.99. The van der Waals surface area contributed by atoms with Crippen molar-refractivity contribution in [2.45, 2.75) is 13.0 Å². The molecule has 2 heterocycles. The van der Waals surface area contributed by atoms with Crippen LogP contribution in [-0.4, -0.2) is 28.7 Å². The van der Waals surface area contributed by atoms with E-state index in [2.05, 4.69) is 31.2 Å². The van der Waals surface area contributed by atoms with Crippen LogP contribution >= 0.6 is 38.9 Å². The number of ether oxygens (including phenoxy) is 1. The molecule has 2 aromatic rings. The molecule has 142 valence electrons. The summed E-state index contributed by atoms with van der Waals surface area (Å²) in [4.78, 5) is 21.1. The van der Waals surface area contributed by atoms with Crippen LogP contribution in [-0.2, 0) is 9.53 Å². The molecule has 1 unspecified atom stereocenters. The predicted octanol–water partition coefficient (Wildman–Crippen LogP) is 4.38. The fourth-order valence-corrected chi connectivity index (χ4v) is 3.88. The SMILES string of the molecule is CCOC(=O)C1=C(CBr)NC(c2ncc(F)s2)=NC1c1ccc(F)cc1Cl. The maximum Gasteiger partial charge on any atom is 0.338 e. The van der Waals surface area contributed by atoms with Gasteiger partial charge in [0.25, 0.3) is 0 Å². The van der Waals surface area contributed by atoms with Gasteiger partial charge in [-0.1, -0.05) is 44.9 Å². The second-order valence-electron chi connectivity index (χ2n) is 5.39. The van der Waals surface area contributed by atoms with Gasteiger partial charge in [-0.15, -0.1) is 0 Å². The van der Waals surface area contributed by atoms with Gasteiger partial charge >= 0.3 is 5.97 Å². The molecule has 0 fully saturated rings. The number of halogens is 4. The number of hydrogen-bond donors (Lipinski definition) is 1. The first kappa shape index (κ1) is 19.9. The minimum absolute atomic E-state index is 0.117. The van der Waals surface area contributed by atoms with E-state index >= 15 is 0 Å². The topological polar surface area (TPSA) is 63.6 Å². The summed E-state index contributed by atoms with van der Waals surface area (Å²) in [5.41, 5.74) is 1.15. The van der Waals surface area contributed by atoms with Crippen molar-refractivity contribution in [2.75, 3.05) is 11.9 Å². The molecule has 10 heteroatoms. The molecule has 3 rings (SSSR count). The Labute approximate surface area is 171 Å². The summed E-state index contributed by atoms with van der Waals surface area (Å²) in [5.74, 6) is -0.791. The number of thiazole rings is 1. The van der Waals surface area contributed by atoms with Gasteiger partial charge < -0.3 is 10.1 Å². The van der Waals surface area contributed by atoms with E-state index < -0.39 is 23.0 Å². The number of nitrogens with one attached hydrogen (secondary N) is 1. The molecule has 0 spiro atoms. The fourth-order valence-electron chi connectivity index (χ4n) is 2.57. The number of amidine groups is 1. The standard InChI is InChI=1S/C17H13BrClF2N3O2S/c1-2-26-17(25)13-11(6-18)23-15(16-22-7-12(21)27-16)24-14(13)9-4-3-8(20)5-10(9)19/h3-5,7,14H,2,6H2,1H3,(H,23,24). The van der Waals surface area contributed by atoms with Gasteiger partial charge in [0.1, 0.15) is 11.9 Å². The third-order valence-electron chi connectivity index (χ3n) is 3.69. The number of carbonyl (C=O) groups is 1. The van der Waals surface area contributed by atoms with Gasteiger partial charge in [0.2, 0.25) is 0 Å². The van der Waals surface area contributed by atoms with E-state index in [4.69, 9.17) is 16.3 Å². The third kappa shape index (κ3) is 4.20. The molecule has 5 nitrogen and oxygen atoms in total. The van der Waals surface area contributed by atoms with E-state index in [1.807, 2.05) is 0 Å². The van der Waals surface area contributed by atoms with Crippen molar-refractivity contribution < 1.29 is 18.3 Å². The Balaban J connectivity index is 2.15. The molecular formula is C17H13BrClF2N3O2S. The third-order valence-corrected chi connectivity index (χ3v) is 5.37. The van der Waals surface area contributed by atoms with Crippen LogP contribution in [0.15, 0.2) is 40.7 Å². The Morgan fingerprint density at radius 3 is 2.81 bits per heavy atom. The highest BCUT2D eigenvalue weighted by atomic mass is 79.9. The van der Waals surface area contributed by atoms with Gasteiger partial charge in [-0.3, -0.25) is 4.99 Å². The van der Waals surface area contributed by atoms with Crippen LogP contribution < -0.4 is 5.32 Å². The van der Waals surface area contributed by atoms with Crippen LogP contribution in [0.25, 0.3) is 0 Å². The van der Waals surface area contributed by atoms with Gasteiger partial charge in [-0.2, -0.15) is 4.39 Å². The summed E-state index contributed by atoms with van der Waals surface area (Å²) in [7, 11) is 0. The van der Waals surface area contributed by atoms with Crippen LogP contribution in [0.1, 0.15) is 23.5 Å². The lowest BCUT2D eigenvalue weighted by atomic mass is 9.96. The van der Waals surface area contributed by atoms with E-state index in [9.17, 15) is 13.6 Å². The number of benzene rings is 1. The van der Waals surface area contributed by atoms with Gasteiger partial charge in [0, 0.05) is 21.6 Å². The van der Waals surface area contributed by atoms with Crippen molar-refractivity contribution in [1.82, 2.24) is 10.3 Å². The first-order valence-corrected chi connectivity index (χ1v) is 10.1. The lowest BCUT2D eigenvalue weighted by Crippen LogP contribution is -2.34. The Morgan fingerprint density at radius 1 is 1.44 bits per heavy atom. The molecule has 1 N–H and O–H groups in total. The Hall–Kier alpha value is -1.84. The molecule has 1 aliphatic heterocycles. The zero-order chi connectivity index (χ0) is 19.6. The number of alkyl halides is 1. The fraction of sp³-hybridized carbons (Fsp3) is 0.235. The average molecular weight is 477 g/mol. The van der Waals surface area contributed by atoms with E-state index in [0.717, 1.165) is 23.6 Å². The van der Waals surface area contributed by atoms with Gasteiger partial charge in [0.15, 0.2) is 16.0 Å². The summed E-state index contributed by atoms with van der Waals surface area (Å²) in [6.45, 7) is 1.87. The van der Waals surface area contributed by atoms with Crippen LogP contribution in [0, 0.1) is 10.9 Å². The molecule has 1 aromatic carbocycles. The lowest BCUT2D eigenvalue weighted by molar-refractivity contribution is -0.138. The Kier molecular flexibility index (Phi) is 6.23. The van der Waals surface area contributed by atoms with E-state index in [1.165, 1.54) is 12.1 Å². The highest BCUT2D eigenvalue weighted by Gasteiger charge is 2.33. The normalized spacial score (nSPS) is 16.8. The second kappa shape index (κ2) is 8.45. The maximum absolute atomic E-state index is 13.5. The van der Waals surface area contributed by atoms with E-state index in [-0.39, 0.29) is 28.4 Å². The molecule has 1 aliphatic rings. The lowest BCUT2D eigenvalue weighted by Gasteiger charge is -2.26. The first-order valence-electron chi connectivity index (χ1n) is 7.82. The molecule has 0 saturated heterocycles. The first-order chi connectivity index (χ1) is 12.9. The van der Waals surface area contributed by atoms with Crippen LogP contribution in [0.3, 0.4) is 0 Å². The number of hydrogen-bond acceptors (Lipinski definition) is 6. The van der Waals surface area contributed by atoms with Crippen molar-refractivity contribution >= 4 is 50.7 Å². The summed E-state index contributed by atoms with van der Waals surface area (Å²) < 4.78 is 32.1. The molecule has 1 atom stereocenters. The number of aromatic nitrogens is 1. The number of carbonyl (C=O) groups excluding carboxylic acids is 1. The molecule has 27 heavy (non-hydrogen) atoms. The highest BCUT2D eigenvalue weighted by molar-refractivity contribution is 9.09. The van der Waals surface area contributed by atoms with Crippen LogP contribution in [0.2, 0.25) is 5.02 Å². The minimum atomic E-state index is -0.854. The number of nitrogens with zero attached hydrogens (tertiary/aromatic N) is 2. The second-order valence-corrected chi connectivity index (χ2v) is 7.34. The van der Waals surface area contributed by atoms with Crippen molar-refractivity contribution in [3.8, 4) is 0 Å². The number of aliphatic imine (C=N–C) groups is 1. The van der Waals surface area contributed by atoms with Gasteiger partial charge in [-0.25, -0.2) is 14.2 Å². The largest absolute Gasteiger partial charge is 0.463 e. The molecule has 0 amide bonds. The smallest absolute Gasteiger partial charge is 0.338 e. The Morgan fingerprint density at radius 2 is 2.22 bits per heavy atom. The van der Waals surface area contributed by atoms with Crippen LogP contribution in [0.4, 0.5) is 8.78 Å². The number of esters is 1. The predicted molar refractivity (Wildman–Crippen MR) is 103 cm³/mol. The van der Waals surface area contributed by atoms with E-state index in [1.54, 1.807) is 6.92 Å². The van der Waals surface area contributed by atoms with Crippen molar-refractivity contribution in [2.24, 2.45) is 4.99 Å². The zero-order valence-corrected chi connectivity index (χ0v) is 17.1. The van der Waals surface area contributed by atoms with Crippen molar-refractivity contribution in [3.63, 3.8) is 0 Å². The summed E-state index contributed by atoms with van der Waals surface area (Å²) in [5, 5.41) is 3.25. The van der Waals surface area contributed by atoms with Gasteiger partial charge in [0.05, 0.1) is 18.4 Å². The molecule has 0 bridgehead atoms. The van der Waals surface area contributed by atoms with Crippen molar-refractivity contribution in [3.05, 3.63) is 62.2 Å². The number of rotatable bonds is 5. The molecular weight excluding hydrogens is 464 g/mol. The molecule has 0 aliphatic carbocycles. The zero-order valence-electron chi connectivity index (χ0n) is 13.9. The highest BCUT2D eigenvalue weighted by Crippen LogP contribution is 2.37. The summed E-state index contributed by atoms with van der Waals surface area (Å²) in [6.07, 6.45) is 1.09. The monoisotopic (exact) mass is 475 g/mol.